The van der Waals surface area contributed by atoms with Gasteiger partial charge in [-0.3, -0.25) is 0 Å². The third-order valence-corrected chi connectivity index (χ3v) is 3.35. The van der Waals surface area contributed by atoms with E-state index >= 15 is 0 Å². The van der Waals surface area contributed by atoms with Gasteiger partial charge in [0.15, 0.2) is 0 Å². The van der Waals surface area contributed by atoms with Crippen molar-refractivity contribution in [3.63, 3.8) is 0 Å². The number of rotatable bonds is 1. The van der Waals surface area contributed by atoms with Crippen molar-refractivity contribution in [3.05, 3.63) is 42.5 Å². The van der Waals surface area contributed by atoms with Gasteiger partial charge >= 0.3 is 0 Å². The minimum Gasteiger partial charge on any atom is -0.207 e. The van der Waals surface area contributed by atoms with Crippen molar-refractivity contribution in [1.82, 2.24) is 0 Å². The van der Waals surface area contributed by atoms with E-state index in [0.717, 1.165) is 10.8 Å². The number of hydrogen-bond acceptors (Lipinski definition) is 2. The van der Waals surface area contributed by atoms with Crippen molar-refractivity contribution >= 4 is 30.5 Å². The predicted molar refractivity (Wildman–Crippen MR) is 57.0 cm³/mol. The first-order valence-electron chi connectivity index (χ1n) is 4.01. The van der Waals surface area contributed by atoms with Gasteiger partial charge in [0.2, 0.25) is 0 Å². The van der Waals surface area contributed by atoms with Crippen molar-refractivity contribution in [2.45, 2.75) is 4.90 Å². The van der Waals surface area contributed by atoms with E-state index in [4.69, 9.17) is 10.7 Å². The Bertz CT molecular complexity index is 575. The monoisotopic (exact) mass is 229 g/mol. The Balaban J connectivity index is 2.75. The van der Waals surface area contributed by atoms with E-state index in [9.17, 15) is 8.42 Å². The first kappa shape index (κ1) is 9.49. The van der Waals surface area contributed by atoms with Crippen LogP contribution in [0.25, 0.3) is 10.8 Å². The Hall–Kier alpha value is -1.06. The van der Waals surface area contributed by atoms with Gasteiger partial charge in [-0.2, -0.15) is 0 Å². The maximum atomic E-state index is 11.0. The Morgan fingerprint density at radius 3 is 2.21 bits per heavy atom. The molecule has 0 aliphatic heterocycles. The molecule has 0 aromatic heterocycles. The lowest BCUT2D eigenvalue weighted by Gasteiger charge is -1.99. The normalized spacial score (nSPS) is 11.8. The van der Waals surface area contributed by atoms with Crippen LogP contribution in [0.4, 0.5) is 0 Å². The van der Waals surface area contributed by atoms with Crippen molar-refractivity contribution in [2.24, 2.45) is 0 Å². The van der Waals surface area contributed by atoms with Crippen LogP contribution in [0.15, 0.2) is 47.4 Å². The zero-order valence-corrected chi connectivity index (χ0v) is 8.72. The Kier molecular flexibility index (Phi) is 2.21. The molecule has 0 radical (unpaired) electrons. The van der Waals surface area contributed by atoms with Crippen molar-refractivity contribution in [2.75, 3.05) is 0 Å². The highest BCUT2D eigenvalue weighted by Crippen LogP contribution is 2.21. The van der Waals surface area contributed by atoms with E-state index in [0.29, 0.717) is 0 Å². The number of halogens is 1. The van der Waals surface area contributed by atoms with E-state index < -0.39 is 9.05 Å². The quantitative estimate of drug-likeness (QED) is 0.705. The van der Waals surface area contributed by atoms with Crippen LogP contribution in [0.5, 0.6) is 0 Å². The lowest BCUT2D eigenvalue weighted by molar-refractivity contribution is 0.609. The number of benzene rings is 2. The summed E-state index contributed by atoms with van der Waals surface area (Å²) in [6.07, 6.45) is 0. The van der Waals surface area contributed by atoms with Gasteiger partial charge in [0.25, 0.3) is 9.05 Å². The van der Waals surface area contributed by atoms with E-state index in [1.165, 1.54) is 6.07 Å². The van der Waals surface area contributed by atoms with Crippen LogP contribution in [-0.4, -0.2) is 8.42 Å². The highest BCUT2D eigenvalue weighted by atomic mass is 36.3. The predicted octanol–water partition coefficient (Wildman–Crippen LogP) is 2.77. The van der Waals surface area contributed by atoms with Crippen LogP contribution in [0.1, 0.15) is 0 Å². The average molecular weight is 230 g/mol. The fourth-order valence-corrected chi connectivity index (χ4v) is 2.11. The van der Waals surface area contributed by atoms with Gasteiger partial charge < -0.3 is 0 Å². The fraction of sp³-hybridized carbons (Fsp3) is 0. The van der Waals surface area contributed by atoms with Gasteiger partial charge in [-0.25, -0.2) is 8.42 Å². The standard InChI is InChI=1S/C10H7ClO2S/c11-14(12,13)10-6-5-8-3-1-2-4-9(8)7-10/h1-7H/i14+3. The molecule has 0 saturated carbocycles. The molecule has 0 saturated heterocycles. The highest BCUT2D eigenvalue weighted by molar-refractivity contribution is 8.13. The highest BCUT2D eigenvalue weighted by Gasteiger charge is 2.09. The zero-order valence-electron chi connectivity index (χ0n) is 7.14. The summed E-state index contributed by atoms with van der Waals surface area (Å²) < 4.78 is 22.1. The molecule has 0 unspecified atom stereocenters. The number of hydrogen-bond donors (Lipinski definition) is 0. The second-order valence-electron chi connectivity index (χ2n) is 2.95. The molecule has 2 rings (SSSR count). The lowest BCUT2D eigenvalue weighted by atomic mass is 10.1. The van der Waals surface area contributed by atoms with Gasteiger partial charge in [0.1, 0.15) is 0 Å². The molecule has 0 aliphatic rings. The largest absolute Gasteiger partial charge is 0.261 e. The summed E-state index contributed by atoms with van der Waals surface area (Å²) in [5.41, 5.74) is 0. The maximum absolute atomic E-state index is 11.0. The summed E-state index contributed by atoms with van der Waals surface area (Å²) in [5, 5.41) is 1.87. The smallest absolute Gasteiger partial charge is 0.207 e. The fourth-order valence-electron chi connectivity index (χ4n) is 1.32. The van der Waals surface area contributed by atoms with Gasteiger partial charge in [0.05, 0.1) is 4.90 Å². The molecule has 72 valence electrons. The maximum Gasteiger partial charge on any atom is 0.261 e. The molecule has 0 fully saturated rings. The topological polar surface area (TPSA) is 34.1 Å². The lowest BCUT2D eigenvalue weighted by Crippen LogP contribution is -1.89. The third-order valence-electron chi connectivity index (χ3n) is 2.00. The van der Waals surface area contributed by atoms with Crippen LogP contribution in [-0.2, 0) is 9.05 Å². The van der Waals surface area contributed by atoms with Crippen LogP contribution < -0.4 is 0 Å². The Morgan fingerprint density at radius 2 is 1.57 bits per heavy atom. The third kappa shape index (κ3) is 1.74. The first-order chi connectivity index (χ1) is 6.57. The van der Waals surface area contributed by atoms with Gasteiger partial charge in [-0.15, -0.1) is 0 Å². The minimum absolute atomic E-state index is 0.137. The minimum atomic E-state index is -3.62. The van der Waals surface area contributed by atoms with Crippen LogP contribution in [0, 0.1) is 0 Å². The van der Waals surface area contributed by atoms with Crippen molar-refractivity contribution in [1.29, 1.82) is 0 Å². The van der Waals surface area contributed by atoms with Crippen LogP contribution in [0.3, 0.4) is 0 Å². The van der Waals surface area contributed by atoms with E-state index in [2.05, 4.69) is 0 Å². The zero-order chi connectivity index (χ0) is 10.2. The molecule has 0 bridgehead atoms. The molecular formula is C10H7ClO2S. The van der Waals surface area contributed by atoms with E-state index in [1.807, 2.05) is 24.3 Å². The van der Waals surface area contributed by atoms with Gasteiger partial charge in [-0.1, -0.05) is 30.3 Å². The number of fused-ring (bicyclic) bond motifs is 1. The Labute approximate surface area is 86.5 Å². The van der Waals surface area contributed by atoms with Crippen LogP contribution >= 0.6 is 10.7 Å². The molecule has 0 N–H and O–H groups in total. The summed E-state index contributed by atoms with van der Waals surface area (Å²) in [6.45, 7) is 0. The van der Waals surface area contributed by atoms with Gasteiger partial charge in [0, 0.05) is 10.7 Å². The second-order valence-corrected chi connectivity index (χ2v) is 5.51. The second kappa shape index (κ2) is 3.26. The molecule has 0 spiro atoms. The van der Waals surface area contributed by atoms with Gasteiger partial charge in [-0.05, 0) is 22.9 Å². The molecule has 2 aromatic rings. The molecule has 2 nitrogen and oxygen atoms in total. The molecule has 2 aromatic carbocycles. The average Bonchev–Trinajstić information content (AvgIpc) is 2.16. The Morgan fingerprint density at radius 1 is 0.929 bits per heavy atom. The van der Waals surface area contributed by atoms with Crippen molar-refractivity contribution in [3.8, 4) is 0 Å². The molecule has 0 aliphatic carbocycles. The first-order valence-corrected chi connectivity index (χ1v) is 6.32. The molecule has 0 heterocycles. The van der Waals surface area contributed by atoms with Crippen LogP contribution in [0.2, 0.25) is 0 Å². The van der Waals surface area contributed by atoms with E-state index in [1.54, 1.807) is 12.1 Å². The summed E-state index contributed by atoms with van der Waals surface area (Å²) in [4.78, 5) is 0.137. The molecule has 14 heavy (non-hydrogen) atoms. The SMILES string of the molecule is O=[35S](=O)(Cl)c1ccc2ccccc2c1. The molecule has 4 heteroatoms. The molecular weight excluding hydrogens is 223 g/mol. The summed E-state index contributed by atoms with van der Waals surface area (Å²) in [5.74, 6) is 0. The summed E-state index contributed by atoms with van der Waals surface area (Å²) in [6, 6.07) is 12.3. The molecule has 0 amide bonds. The summed E-state index contributed by atoms with van der Waals surface area (Å²) >= 11 is 0. The van der Waals surface area contributed by atoms with E-state index in [-0.39, 0.29) is 4.90 Å². The van der Waals surface area contributed by atoms with Crippen molar-refractivity contribution < 1.29 is 8.42 Å². The summed E-state index contributed by atoms with van der Waals surface area (Å²) in [7, 11) is 1.61. The molecule has 0 atom stereocenters.